The molecule has 4 nitrogen and oxygen atoms in total. The lowest BCUT2D eigenvalue weighted by Crippen LogP contribution is -2.30. The third-order valence-electron chi connectivity index (χ3n) is 2.72. The SMILES string of the molecule is OCC(O)CNCCc1coc2ccccc12. The zero-order valence-corrected chi connectivity index (χ0v) is 9.60. The molecule has 0 aliphatic rings. The predicted molar refractivity (Wildman–Crippen MR) is 65.9 cm³/mol. The number of aliphatic hydroxyl groups is 2. The van der Waals surface area contributed by atoms with Crippen LogP contribution in [0.25, 0.3) is 11.0 Å². The Morgan fingerprint density at radius 2 is 2.12 bits per heavy atom. The fourth-order valence-corrected chi connectivity index (χ4v) is 1.78. The van der Waals surface area contributed by atoms with E-state index in [2.05, 4.69) is 5.32 Å². The quantitative estimate of drug-likeness (QED) is 0.651. The molecule has 17 heavy (non-hydrogen) atoms. The van der Waals surface area contributed by atoms with Crippen molar-refractivity contribution < 1.29 is 14.6 Å². The Morgan fingerprint density at radius 1 is 1.29 bits per heavy atom. The maximum atomic E-state index is 9.16. The second kappa shape index (κ2) is 5.82. The van der Waals surface area contributed by atoms with Gasteiger partial charge in [0.1, 0.15) is 5.58 Å². The molecule has 1 heterocycles. The molecule has 1 atom stereocenters. The number of benzene rings is 1. The zero-order chi connectivity index (χ0) is 12.1. The molecule has 0 bridgehead atoms. The Labute approximate surface area is 99.9 Å². The minimum absolute atomic E-state index is 0.207. The summed E-state index contributed by atoms with van der Waals surface area (Å²) in [6.45, 7) is 0.953. The van der Waals surface area contributed by atoms with Crippen LogP contribution in [0.2, 0.25) is 0 Å². The van der Waals surface area contributed by atoms with Crippen LogP contribution in [0.3, 0.4) is 0 Å². The maximum Gasteiger partial charge on any atom is 0.134 e. The minimum atomic E-state index is -0.684. The molecule has 1 aromatic carbocycles. The molecule has 0 radical (unpaired) electrons. The topological polar surface area (TPSA) is 65.6 Å². The molecule has 0 spiro atoms. The van der Waals surface area contributed by atoms with Gasteiger partial charge >= 0.3 is 0 Å². The number of aliphatic hydroxyl groups excluding tert-OH is 2. The van der Waals surface area contributed by atoms with Crippen molar-refractivity contribution in [3.63, 3.8) is 0 Å². The normalized spacial score (nSPS) is 13.1. The van der Waals surface area contributed by atoms with Crippen LogP contribution in [-0.4, -0.2) is 36.0 Å². The molecule has 2 aromatic rings. The second-order valence-electron chi connectivity index (χ2n) is 4.05. The van der Waals surface area contributed by atoms with Crippen molar-refractivity contribution in [3.05, 3.63) is 36.1 Å². The number of hydrogen-bond donors (Lipinski definition) is 3. The zero-order valence-electron chi connectivity index (χ0n) is 9.60. The smallest absolute Gasteiger partial charge is 0.134 e. The minimum Gasteiger partial charge on any atom is -0.464 e. The van der Waals surface area contributed by atoms with Gasteiger partial charge < -0.3 is 19.9 Å². The van der Waals surface area contributed by atoms with Gasteiger partial charge in [0.2, 0.25) is 0 Å². The fraction of sp³-hybridized carbons (Fsp3) is 0.385. The van der Waals surface area contributed by atoms with Gasteiger partial charge in [-0.15, -0.1) is 0 Å². The van der Waals surface area contributed by atoms with Gasteiger partial charge in [-0.2, -0.15) is 0 Å². The number of hydrogen-bond acceptors (Lipinski definition) is 4. The molecule has 1 aromatic heterocycles. The summed E-state index contributed by atoms with van der Waals surface area (Å²) < 4.78 is 5.43. The molecule has 0 amide bonds. The first-order valence-corrected chi connectivity index (χ1v) is 5.76. The lowest BCUT2D eigenvalue weighted by Gasteiger charge is -2.07. The number of rotatable bonds is 6. The van der Waals surface area contributed by atoms with Crippen molar-refractivity contribution in [2.45, 2.75) is 12.5 Å². The third-order valence-corrected chi connectivity index (χ3v) is 2.72. The van der Waals surface area contributed by atoms with E-state index in [1.807, 2.05) is 24.3 Å². The molecule has 3 N–H and O–H groups in total. The van der Waals surface area contributed by atoms with E-state index in [0.717, 1.165) is 29.5 Å². The molecular weight excluding hydrogens is 218 g/mol. The van der Waals surface area contributed by atoms with Crippen molar-refractivity contribution in [2.24, 2.45) is 0 Å². The maximum absolute atomic E-state index is 9.16. The number of furan rings is 1. The first-order chi connectivity index (χ1) is 8.31. The standard InChI is InChI=1S/C13H17NO3/c15-8-11(16)7-14-6-5-10-9-17-13-4-2-1-3-12(10)13/h1-4,9,11,14-16H,5-8H2. The molecule has 0 saturated heterocycles. The summed E-state index contributed by atoms with van der Waals surface area (Å²) >= 11 is 0. The highest BCUT2D eigenvalue weighted by Crippen LogP contribution is 2.20. The highest BCUT2D eigenvalue weighted by atomic mass is 16.3. The predicted octanol–water partition coefficient (Wildman–Crippen LogP) is 0.918. The van der Waals surface area contributed by atoms with Crippen molar-refractivity contribution >= 4 is 11.0 Å². The highest BCUT2D eigenvalue weighted by Gasteiger charge is 2.05. The molecule has 0 aliphatic carbocycles. The van der Waals surface area contributed by atoms with E-state index in [9.17, 15) is 0 Å². The Morgan fingerprint density at radius 3 is 2.94 bits per heavy atom. The molecule has 0 aliphatic heterocycles. The summed E-state index contributed by atoms with van der Waals surface area (Å²) in [7, 11) is 0. The number of para-hydroxylation sites is 1. The van der Waals surface area contributed by atoms with Crippen molar-refractivity contribution in [3.8, 4) is 0 Å². The number of fused-ring (bicyclic) bond motifs is 1. The Hall–Kier alpha value is -1.36. The second-order valence-corrected chi connectivity index (χ2v) is 4.05. The summed E-state index contributed by atoms with van der Waals surface area (Å²) in [6, 6.07) is 7.92. The van der Waals surface area contributed by atoms with Crippen LogP contribution in [-0.2, 0) is 6.42 Å². The van der Waals surface area contributed by atoms with Gasteiger partial charge in [-0.25, -0.2) is 0 Å². The van der Waals surface area contributed by atoms with E-state index >= 15 is 0 Å². The van der Waals surface area contributed by atoms with Crippen LogP contribution in [0, 0.1) is 0 Å². The summed E-state index contributed by atoms with van der Waals surface area (Å²) in [5.41, 5.74) is 2.06. The molecule has 0 fully saturated rings. The Balaban J connectivity index is 1.87. The summed E-state index contributed by atoms with van der Waals surface area (Å²) in [6.07, 6.45) is 1.93. The molecule has 92 valence electrons. The molecular formula is C13H17NO3. The summed E-state index contributed by atoms with van der Waals surface area (Å²) in [5.74, 6) is 0. The van der Waals surface area contributed by atoms with Crippen molar-refractivity contribution in [1.82, 2.24) is 5.32 Å². The van der Waals surface area contributed by atoms with Gasteiger partial charge in [0.15, 0.2) is 0 Å². The first-order valence-electron chi connectivity index (χ1n) is 5.76. The Bertz CT molecular complexity index is 466. The largest absolute Gasteiger partial charge is 0.464 e. The van der Waals surface area contributed by atoms with E-state index < -0.39 is 6.10 Å². The average Bonchev–Trinajstić information content (AvgIpc) is 2.78. The van der Waals surface area contributed by atoms with Gasteiger partial charge in [-0.1, -0.05) is 18.2 Å². The molecule has 0 saturated carbocycles. The number of nitrogens with one attached hydrogen (secondary N) is 1. The molecule has 1 unspecified atom stereocenters. The monoisotopic (exact) mass is 235 g/mol. The van der Waals surface area contributed by atoms with Gasteiger partial charge in [0.05, 0.1) is 19.0 Å². The van der Waals surface area contributed by atoms with Crippen LogP contribution in [0.4, 0.5) is 0 Å². The summed E-state index contributed by atoms with van der Waals surface area (Å²) in [4.78, 5) is 0. The van der Waals surface area contributed by atoms with Gasteiger partial charge in [0.25, 0.3) is 0 Å². The van der Waals surface area contributed by atoms with Gasteiger partial charge in [0, 0.05) is 11.9 Å². The van der Waals surface area contributed by atoms with Crippen LogP contribution < -0.4 is 5.32 Å². The fourth-order valence-electron chi connectivity index (χ4n) is 1.78. The van der Waals surface area contributed by atoms with Crippen molar-refractivity contribution in [1.29, 1.82) is 0 Å². The van der Waals surface area contributed by atoms with Gasteiger partial charge in [-0.3, -0.25) is 0 Å². The van der Waals surface area contributed by atoms with E-state index in [4.69, 9.17) is 14.6 Å². The van der Waals surface area contributed by atoms with E-state index in [1.165, 1.54) is 0 Å². The first kappa shape index (κ1) is 12.1. The lowest BCUT2D eigenvalue weighted by atomic mass is 10.1. The van der Waals surface area contributed by atoms with Crippen LogP contribution >= 0.6 is 0 Å². The van der Waals surface area contributed by atoms with Crippen LogP contribution in [0.1, 0.15) is 5.56 Å². The van der Waals surface area contributed by atoms with Crippen LogP contribution in [0.15, 0.2) is 34.9 Å². The Kier molecular flexibility index (Phi) is 4.14. The highest BCUT2D eigenvalue weighted by molar-refractivity contribution is 5.80. The van der Waals surface area contributed by atoms with Gasteiger partial charge in [-0.05, 0) is 24.6 Å². The van der Waals surface area contributed by atoms with Crippen molar-refractivity contribution in [2.75, 3.05) is 19.7 Å². The van der Waals surface area contributed by atoms with Crippen LogP contribution in [0.5, 0.6) is 0 Å². The lowest BCUT2D eigenvalue weighted by molar-refractivity contribution is 0.0947. The van der Waals surface area contributed by atoms with E-state index in [0.29, 0.717) is 6.54 Å². The van der Waals surface area contributed by atoms with E-state index in [1.54, 1.807) is 6.26 Å². The molecule has 2 rings (SSSR count). The summed E-state index contributed by atoms with van der Waals surface area (Å²) in [5, 5.41) is 22.0. The third kappa shape index (κ3) is 3.06. The average molecular weight is 235 g/mol. The van der Waals surface area contributed by atoms with E-state index in [-0.39, 0.29) is 6.61 Å². The molecule has 4 heteroatoms.